The Morgan fingerprint density at radius 1 is 1.39 bits per heavy atom. The monoisotopic (exact) mass is 242 g/mol. The minimum Gasteiger partial charge on any atom is -0.347 e. The summed E-state index contributed by atoms with van der Waals surface area (Å²) >= 11 is 0. The van der Waals surface area contributed by atoms with E-state index in [1.807, 2.05) is 35.0 Å². The molecule has 0 aromatic carbocycles. The number of H-pyrrole nitrogens is 1. The zero-order valence-corrected chi connectivity index (χ0v) is 10.0. The Morgan fingerprint density at radius 2 is 2.33 bits per heavy atom. The van der Waals surface area contributed by atoms with E-state index in [1.165, 1.54) is 0 Å². The molecular formula is C12H14N6. The first-order valence-electron chi connectivity index (χ1n) is 5.85. The second kappa shape index (κ2) is 4.58. The number of aromatic nitrogens is 5. The van der Waals surface area contributed by atoms with Crippen LogP contribution >= 0.6 is 0 Å². The zero-order chi connectivity index (χ0) is 12.4. The molecule has 0 saturated heterocycles. The first-order valence-corrected chi connectivity index (χ1v) is 5.85. The highest BCUT2D eigenvalue weighted by Crippen LogP contribution is 2.11. The van der Waals surface area contributed by atoms with E-state index in [4.69, 9.17) is 0 Å². The molecule has 0 aliphatic heterocycles. The molecule has 18 heavy (non-hydrogen) atoms. The van der Waals surface area contributed by atoms with Crippen molar-refractivity contribution in [3.8, 4) is 0 Å². The molecule has 0 spiro atoms. The lowest BCUT2D eigenvalue weighted by molar-refractivity contribution is 0.537. The predicted octanol–water partition coefficient (Wildman–Crippen LogP) is 1.30. The number of pyridine rings is 1. The molecule has 0 saturated carbocycles. The zero-order valence-electron chi connectivity index (χ0n) is 10.0. The molecule has 1 unspecified atom stereocenters. The lowest BCUT2D eigenvalue weighted by atomic mass is 10.3. The van der Waals surface area contributed by atoms with E-state index in [0.29, 0.717) is 0 Å². The third-order valence-corrected chi connectivity index (χ3v) is 2.88. The molecule has 6 nitrogen and oxygen atoms in total. The van der Waals surface area contributed by atoms with Gasteiger partial charge in [-0.25, -0.2) is 4.98 Å². The van der Waals surface area contributed by atoms with Gasteiger partial charge in [-0.05, 0) is 19.1 Å². The average Bonchev–Trinajstić information content (AvgIpc) is 3.05. The number of hydrogen-bond donors (Lipinski definition) is 2. The largest absolute Gasteiger partial charge is 0.347 e. The Labute approximate surface area is 104 Å². The Balaban J connectivity index is 1.77. The quantitative estimate of drug-likeness (QED) is 0.723. The maximum Gasteiger partial charge on any atom is 0.160 e. The molecule has 6 heteroatoms. The van der Waals surface area contributed by atoms with Crippen molar-refractivity contribution in [1.29, 1.82) is 0 Å². The van der Waals surface area contributed by atoms with Crippen molar-refractivity contribution in [2.24, 2.45) is 0 Å². The van der Waals surface area contributed by atoms with Crippen LogP contribution < -0.4 is 5.32 Å². The Bertz CT molecular complexity index is 627. The predicted molar refractivity (Wildman–Crippen MR) is 66.8 cm³/mol. The second-order valence-electron chi connectivity index (χ2n) is 4.17. The van der Waals surface area contributed by atoms with E-state index in [0.717, 1.165) is 23.7 Å². The van der Waals surface area contributed by atoms with Gasteiger partial charge in [0.15, 0.2) is 11.5 Å². The summed E-state index contributed by atoms with van der Waals surface area (Å²) in [7, 11) is 0. The summed E-state index contributed by atoms with van der Waals surface area (Å²) in [6, 6.07) is 5.99. The van der Waals surface area contributed by atoms with Crippen LogP contribution in [0, 0.1) is 0 Å². The summed E-state index contributed by atoms with van der Waals surface area (Å²) in [6.07, 6.45) is 5.45. The number of nitrogens with one attached hydrogen (secondary N) is 2. The summed E-state index contributed by atoms with van der Waals surface area (Å²) in [5, 5.41) is 11.7. The van der Waals surface area contributed by atoms with E-state index >= 15 is 0 Å². The van der Waals surface area contributed by atoms with Gasteiger partial charge in [0.05, 0.1) is 12.4 Å². The Morgan fingerprint density at radius 3 is 3.17 bits per heavy atom. The van der Waals surface area contributed by atoms with Crippen molar-refractivity contribution in [3.63, 3.8) is 0 Å². The lowest BCUT2D eigenvalue weighted by Gasteiger charge is -2.11. The molecule has 3 aromatic heterocycles. The number of hydrogen-bond acceptors (Lipinski definition) is 4. The fourth-order valence-corrected chi connectivity index (χ4v) is 1.89. The molecule has 2 N–H and O–H groups in total. The second-order valence-corrected chi connectivity index (χ2v) is 4.17. The van der Waals surface area contributed by atoms with Crippen LogP contribution in [-0.2, 0) is 6.54 Å². The molecule has 0 radical (unpaired) electrons. The molecule has 1 atom stereocenters. The molecule has 3 rings (SSSR count). The maximum absolute atomic E-state index is 4.22. The summed E-state index contributed by atoms with van der Waals surface area (Å²) in [4.78, 5) is 7.04. The average molecular weight is 242 g/mol. The van der Waals surface area contributed by atoms with Crippen molar-refractivity contribution in [1.82, 2.24) is 29.9 Å². The van der Waals surface area contributed by atoms with Crippen LogP contribution in [0.4, 0.5) is 0 Å². The summed E-state index contributed by atoms with van der Waals surface area (Å²) < 4.78 is 1.99. The highest BCUT2D eigenvalue weighted by Gasteiger charge is 2.12. The fraction of sp³-hybridized carbons (Fsp3) is 0.250. The molecular weight excluding hydrogens is 228 g/mol. The van der Waals surface area contributed by atoms with E-state index < -0.39 is 0 Å². The van der Waals surface area contributed by atoms with Crippen molar-refractivity contribution in [3.05, 3.63) is 48.4 Å². The van der Waals surface area contributed by atoms with Crippen LogP contribution in [0.2, 0.25) is 0 Å². The van der Waals surface area contributed by atoms with Crippen LogP contribution in [0.3, 0.4) is 0 Å². The van der Waals surface area contributed by atoms with Crippen LogP contribution in [0.15, 0.2) is 36.9 Å². The van der Waals surface area contributed by atoms with Crippen LogP contribution in [0.1, 0.15) is 24.5 Å². The highest BCUT2D eigenvalue weighted by molar-refractivity contribution is 5.37. The van der Waals surface area contributed by atoms with Crippen LogP contribution in [-0.4, -0.2) is 24.6 Å². The number of imidazole rings is 1. The number of nitrogens with zero attached hydrogens (tertiary/aromatic N) is 4. The van der Waals surface area contributed by atoms with Gasteiger partial charge in [-0.3, -0.25) is 4.40 Å². The van der Waals surface area contributed by atoms with Crippen molar-refractivity contribution in [2.45, 2.75) is 19.5 Å². The van der Waals surface area contributed by atoms with E-state index in [-0.39, 0.29) is 6.04 Å². The molecule has 3 heterocycles. The van der Waals surface area contributed by atoms with Gasteiger partial charge in [0.1, 0.15) is 0 Å². The third-order valence-electron chi connectivity index (χ3n) is 2.88. The molecule has 0 amide bonds. The standard InChI is InChI=1S/C12H14N6/c1-9(14-7-10-6-13-8-15-10)12-17-16-11-4-2-3-5-18(11)12/h2-6,8-9,14H,7H2,1H3,(H,13,15). The minimum absolute atomic E-state index is 0.116. The van der Waals surface area contributed by atoms with E-state index in [2.05, 4.69) is 32.4 Å². The summed E-state index contributed by atoms with van der Waals surface area (Å²) in [5.74, 6) is 0.908. The molecule has 0 fully saturated rings. The van der Waals surface area contributed by atoms with Gasteiger partial charge in [0.2, 0.25) is 0 Å². The lowest BCUT2D eigenvalue weighted by Crippen LogP contribution is -2.20. The van der Waals surface area contributed by atoms with E-state index in [1.54, 1.807) is 6.33 Å². The Kier molecular flexibility index (Phi) is 2.77. The number of rotatable bonds is 4. The van der Waals surface area contributed by atoms with E-state index in [9.17, 15) is 0 Å². The highest BCUT2D eigenvalue weighted by atomic mass is 15.3. The van der Waals surface area contributed by atoms with Gasteiger partial charge < -0.3 is 10.3 Å². The maximum atomic E-state index is 4.22. The number of fused-ring (bicyclic) bond motifs is 1. The van der Waals surface area contributed by atoms with Gasteiger partial charge in [-0.15, -0.1) is 10.2 Å². The van der Waals surface area contributed by atoms with Gasteiger partial charge in [0.25, 0.3) is 0 Å². The normalized spacial score (nSPS) is 12.9. The Hall–Kier alpha value is -2.21. The number of aromatic amines is 1. The minimum atomic E-state index is 0.116. The first-order chi connectivity index (χ1) is 8.84. The summed E-state index contributed by atoms with van der Waals surface area (Å²) in [5.41, 5.74) is 1.92. The third kappa shape index (κ3) is 1.98. The van der Waals surface area contributed by atoms with Crippen LogP contribution in [0.25, 0.3) is 5.65 Å². The van der Waals surface area contributed by atoms with Crippen molar-refractivity contribution in [2.75, 3.05) is 0 Å². The van der Waals surface area contributed by atoms with Gasteiger partial charge >= 0.3 is 0 Å². The van der Waals surface area contributed by atoms with Gasteiger partial charge in [0, 0.05) is 24.6 Å². The SMILES string of the molecule is CC(NCc1cnc[nH]1)c1nnc2ccccn12. The van der Waals surface area contributed by atoms with Crippen LogP contribution in [0.5, 0.6) is 0 Å². The molecule has 0 aliphatic carbocycles. The van der Waals surface area contributed by atoms with Crippen molar-refractivity contribution >= 4 is 5.65 Å². The summed E-state index contributed by atoms with van der Waals surface area (Å²) in [6.45, 7) is 2.79. The molecule has 3 aromatic rings. The van der Waals surface area contributed by atoms with Gasteiger partial charge in [-0.2, -0.15) is 0 Å². The fourth-order valence-electron chi connectivity index (χ4n) is 1.89. The molecule has 92 valence electrons. The molecule has 0 aliphatic rings. The van der Waals surface area contributed by atoms with Gasteiger partial charge in [-0.1, -0.05) is 6.07 Å². The topological polar surface area (TPSA) is 70.9 Å². The smallest absolute Gasteiger partial charge is 0.160 e. The molecule has 0 bridgehead atoms. The first kappa shape index (κ1) is 10.9. The van der Waals surface area contributed by atoms with Crippen molar-refractivity contribution < 1.29 is 0 Å².